The van der Waals surface area contributed by atoms with E-state index in [2.05, 4.69) is 22.2 Å². The molecule has 2 aromatic carbocycles. The number of amides is 1. The van der Waals surface area contributed by atoms with Gasteiger partial charge in [-0.3, -0.25) is 4.79 Å². The molecule has 1 aliphatic rings. The van der Waals surface area contributed by atoms with Gasteiger partial charge in [0.15, 0.2) is 0 Å². The first-order valence-corrected chi connectivity index (χ1v) is 9.56. The molecule has 1 fully saturated rings. The molecule has 0 aromatic heterocycles. The highest BCUT2D eigenvalue weighted by Gasteiger charge is 2.20. The van der Waals surface area contributed by atoms with Crippen LogP contribution in [0.2, 0.25) is 0 Å². The Hall–Kier alpha value is -2.86. The molecule has 0 atom stereocenters. The van der Waals surface area contributed by atoms with Gasteiger partial charge in [0.05, 0.1) is 24.0 Å². The van der Waals surface area contributed by atoms with Gasteiger partial charge in [0, 0.05) is 32.6 Å². The number of ether oxygens (including phenoxy) is 1. The zero-order chi connectivity index (χ0) is 19.9. The zero-order valence-electron chi connectivity index (χ0n) is 16.5. The predicted octanol–water partition coefficient (Wildman–Crippen LogP) is 2.80. The lowest BCUT2D eigenvalue weighted by Gasteiger charge is -2.35. The average Bonchev–Trinajstić information content (AvgIpc) is 2.73. The van der Waals surface area contributed by atoms with E-state index < -0.39 is 5.97 Å². The quantitative estimate of drug-likeness (QED) is 0.780. The average molecular weight is 381 g/mol. The normalized spacial score (nSPS) is 14.6. The van der Waals surface area contributed by atoms with E-state index in [4.69, 9.17) is 4.74 Å². The van der Waals surface area contributed by atoms with Crippen molar-refractivity contribution in [3.63, 3.8) is 0 Å². The number of nitrogens with one attached hydrogen (secondary N) is 1. The first-order chi connectivity index (χ1) is 13.6. The second kappa shape index (κ2) is 9.37. The van der Waals surface area contributed by atoms with Crippen LogP contribution in [0.15, 0.2) is 48.5 Å². The third-order valence-corrected chi connectivity index (χ3v) is 5.02. The maximum Gasteiger partial charge on any atom is 0.337 e. The maximum absolute atomic E-state index is 12.6. The molecule has 0 radical (unpaired) electrons. The molecule has 1 amide bonds. The predicted molar refractivity (Wildman–Crippen MR) is 111 cm³/mol. The molecule has 3 rings (SSSR count). The summed E-state index contributed by atoms with van der Waals surface area (Å²) in [5, 5.41) is 3.01. The highest BCUT2D eigenvalue weighted by atomic mass is 16.5. The van der Waals surface area contributed by atoms with Gasteiger partial charge in [-0.25, -0.2) is 4.79 Å². The van der Waals surface area contributed by atoms with Crippen LogP contribution in [0.25, 0.3) is 0 Å². The van der Waals surface area contributed by atoms with Gasteiger partial charge in [0.25, 0.3) is 0 Å². The van der Waals surface area contributed by atoms with Gasteiger partial charge < -0.3 is 19.9 Å². The second-order valence-electron chi connectivity index (χ2n) is 7.05. The molecule has 1 saturated heterocycles. The fourth-order valence-electron chi connectivity index (χ4n) is 3.32. The number of carbonyl (C=O) groups is 2. The number of aryl methyl sites for hydroxylation is 1. The standard InChI is InChI=1S/C22H27N3O3/c1-24-12-14-25(15-13-24)20-10-9-18(22(27)28-2)16-19(20)23-21(26)11-8-17-6-4-3-5-7-17/h3-7,9-10,16H,8,11-15H2,1-2H3,(H,23,26). The SMILES string of the molecule is COC(=O)c1ccc(N2CCN(C)CC2)c(NC(=O)CCc2ccccc2)c1. The minimum Gasteiger partial charge on any atom is -0.465 e. The Bertz CT molecular complexity index is 815. The number of carbonyl (C=O) groups excluding carboxylic acids is 2. The number of piperazine rings is 1. The lowest BCUT2D eigenvalue weighted by molar-refractivity contribution is -0.116. The lowest BCUT2D eigenvalue weighted by Crippen LogP contribution is -2.44. The molecule has 0 unspecified atom stereocenters. The Morgan fingerprint density at radius 1 is 1.04 bits per heavy atom. The van der Waals surface area contributed by atoms with Crippen LogP contribution in [0.1, 0.15) is 22.3 Å². The first kappa shape index (κ1) is 19.9. The van der Waals surface area contributed by atoms with Crippen molar-refractivity contribution >= 4 is 23.3 Å². The number of benzene rings is 2. The minimum atomic E-state index is -0.412. The Balaban J connectivity index is 1.75. The number of hydrogen-bond acceptors (Lipinski definition) is 5. The summed E-state index contributed by atoms with van der Waals surface area (Å²) in [6, 6.07) is 15.3. The van der Waals surface area contributed by atoms with Crippen LogP contribution in [-0.2, 0) is 16.0 Å². The van der Waals surface area contributed by atoms with Crippen molar-refractivity contribution in [2.24, 2.45) is 0 Å². The highest BCUT2D eigenvalue weighted by molar-refractivity contribution is 5.98. The number of methoxy groups -OCH3 is 1. The topological polar surface area (TPSA) is 61.9 Å². The fourth-order valence-corrected chi connectivity index (χ4v) is 3.32. The molecule has 1 heterocycles. The Morgan fingerprint density at radius 2 is 1.75 bits per heavy atom. The summed E-state index contributed by atoms with van der Waals surface area (Å²) in [6.07, 6.45) is 1.06. The third-order valence-electron chi connectivity index (χ3n) is 5.02. The first-order valence-electron chi connectivity index (χ1n) is 9.56. The van der Waals surface area contributed by atoms with E-state index in [1.807, 2.05) is 36.4 Å². The van der Waals surface area contributed by atoms with Gasteiger partial charge in [-0.1, -0.05) is 30.3 Å². The van der Waals surface area contributed by atoms with Gasteiger partial charge in [-0.05, 0) is 37.2 Å². The monoisotopic (exact) mass is 381 g/mol. The number of rotatable bonds is 6. The van der Waals surface area contributed by atoms with Crippen molar-refractivity contribution in [1.82, 2.24) is 4.90 Å². The summed E-state index contributed by atoms with van der Waals surface area (Å²) in [7, 11) is 3.46. The van der Waals surface area contributed by atoms with Crippen LogP contribution in [0.3, 0.4) is 0 Å². The molecule has 0 saturated carbocycles. The van der Waals surface area contributed by atoms with Crippen LogP contribution < -0.4 is 10.2 Å². The zero-order valence-corrected chi connectivity index (χ0v) is 16.5. The number of nitrogens with zero attached hydrogens (tertiary/aromatic N) is 2. The molecule has 148 valence electrons. The van der Waals surface area contributed by atoms with Gasteiger partial charge in [-0.2, -0.15) is 0 Å². The highest BCUT2D eigenvalue weighted by Crippen LogP contribution is 2.29. The van der Waals surface area contributed by atoms with E-state index in [9.17, 15) is 9.59 Å². The third kappa shape index (κ3) is 5.10. The molecule has 0 spiro atoms. The Morgan fingerprint density at radius 3 is 2.43 bits per heavy atom. The molecule has 1 N–H and O–H groups in total. The van der Waals surface area contributed by atoms with Crippen LogP contribution in [0.5, 0.6) is 0 Å². The second-order valence-corrected chi connectivity index (χ2v) is 7.05. The molecule has 6 nitrogen and oxygen atoms in total. The number of likely N-dealkylation sites (N-methyl/N-ethyl adjacent to an activating group) is 1. The van der Waals surface area contributed by atoms with E-state index in [0.29, 0.717) is 24.1 Å². The van der Waals surface area contributed by atoms with Crippen molar-refractivity contribution < 1.29 is 14.3 Å². The van der Waals surface area contributed by atoms with Crippen LogP contribution in [0.4, 0.5) is 11.4 Å². The molecule has 2 aromatic rings. The van der Waals surface area contributed by atoms with E-state index in [1.165, 1.54) is 7.11 Å². The number of hydrogen-bond donors (Lipinski definition) is 1. The summed E-state index contributed by atoms with van der Waals surface area (Å²) in [6.45, 7) is 3.67. The molecular formula is C22H27N3O3. The summed E-state index contributed by atoms with van der Waals surface area (Å²) >= 11 is 0. The molecule has 0 aliphatic carbocycles. The van der Waals surface area contributed by atoms with Gasteiger partial charge >= 0.3 is 5.97 Å². The largest absolute Gasteiger partial charge is 0.465 e. The van der Waals surface area contributed by atoms with Crippen molar-refractivity contribution in [3.8, 4) is 0 Å². The Labute approximate surface area is 166 Å². The molecule has 1 aliphatic heterocycles. The fraction of sp³-hybridized carbons (Fsp3) is 0.364. The van der Waals surface area contributed by atoms with Crippen LogP contribution in [-0.4, -0.2) is 57.1 Å². The van der Waals surface area contributed by atoms with Crippen molar-refractivity contribution in [2.45, 2.75) is 12.8 Å². The molecular weight excluding hydrogens is 354 g/mol. The van der Waals surface area contributed by atoms with Crippen molar-refractivity contribution in [2.75, 3.05) is 50.6 Å². The smallest absolute Gasteiger partial charge is 0.337 e. The molecule has 0 bridgehead atoms. The van der Waals surface area contributed by atoms with Gasteiger partial charge in [0.1, 0.15) is 0 Å². The van der Waals surface area contributed by atoms with Gasteiger partial charge in [0.2, 0.25) is 5.91 Å². The van der Waals surface area contributed by atoms with Crippen LogP contribution in [0, 0.1) is 0 Å². The van der Waals surface area contributed by atoms with Gasteiger partial charge in [-0.15, -0.1) is 0 Å². The van der Waals surface area contributed by atoms with Crippen LogP contribution >= 0.6 is 0 Å². The molecule has 6 heteroatoms. The van der Waals surface area contributed by atoms with E-state index in [-0.39, 0.29) is 5.91 Å². The van der Waals surface area contributed by atoms with Crippen molar-refractivity contribution in [1.29, 1.82) is 0 Å². The summed E-state index contributed by atoms with van der Waals surface area (Å²) in [5.74, 6) is -0.481. The Kier molecular flexibility index (Phi) is 6.66. The maximum atomic E-state index is 12.6. The summed E-state index contributed by atoms with van der Waals surface area (Å²) in [4.78, 5) is 29.0. The number of esters is 1. The molecule has 28 heavy (non-hydrogen) atoms. The van der Waals surface area contributed by atoms with E-state index >= 15 is 0 Å². The number of anilines is 2. The lowest BCUT2D eigenvalue weighted by atomic mass is 10.1. The minimum absolute atomic E-state index is 0.0683. The summed E-state index contributed by atoms with van der Waals surface area (Å²) < 4.78 is 4.83. The van der Waals surface area contributed by atoms with Crippen molar-refractivity contribution in [3.05, 3.63) is 59.7 Å². The van der Waals surface area contributed by atoms with E-state index in [1.54, 1.807) is 12.1 Å². The van der Waals surface area contributed by atoms with E-state index in [0.717, 1.165) is 37.4 Å². The summed E-state index contributed by atoms with van der Waals surface area (Å²) in [5.41, 5.74) is 3.15.